The molecule has 10 heteroatoms. The molecule has 36 heavy (non-hydrogen) atoms. The smallest absolute Gasteiger partial charge is 0.329 e. The Morgan fingerprint density at radius 3 is 2.58 bits per heavy atom. The molecular weight excluding hydrogens is 462 g/mol. The normalized spacial score (nSPS) is 21.1. The van der Waals surface area contributed by atoms with Crippen molar-refractivity contribution in [1.82, 2.24) is 20.9 Å². The zero-order valence-corrected chi connectivity index (χ0v) is 21.9. The maximum atomic E-state index is 13.2. The molecule has 0 saturated carbocycles. The van der Waals surface area contributed by atoms with Gasteiger partial charge in [-0.2, -0.15) is 0 Å². The lowest BCUT2D eigenvalue weighted by Gasteiger charge is -2.27. The maximum Gasteiger partial charge on any atom is 0.329 e. The molecule has 1 aromatic rings. The number of esters is 1. The summed E-state index contributed by atoms with van der Waals surface area (Å²) in [5, 5.41) is 8.52. The Labute approximate surface area is 214 Å². The van der Waals surface area contributed by atoms with E-state index < -0.39 is 24.1 Å². The largest absolute Gasteiger partial charge is 0.464 e. The molecule has 1 aromatic heterocycles. The number of anilines is 1. The second kappa shape index (κ2) is 16.0. The Balaban J connectivity index is 2.08. The van der Waals surface area contributed by atoms with Crippen LogP contribution in [0.3, 0.4) is 0 Å². The molecule has 1 aliphatic heterocycles. The van der Waals surface area contributed by atoms with E-state index >= 15 is 0 Å². The number of carbonyl (C=O) groups is 3. The van der Waals surface area contributed by atoms with Crippen molar-refractivity contribution in [2.24, 2.45) is 5.92 Å². The molecular formula is C26H43N5O5. The maximum absolute atomic E-state index is 13.2. The first-order valence-electron chi connectivity index (χ1n) is 13.1. The summed E-state index contributed by atoms with van der Waals surface area (Å²) in [6, 6.07) is 0.955. The summed E-state index contributed by atoms with van der Waals surface area (Å²) in [5.41, 5.74) is 6.36. The number of pyridine rings is 1. The first-order chi connectivity index (χ1) is 17.3. The number of amides is 3. The van der Waals surface area contributed by atoms with Gasteiger partial charge in [0.25, 0.3) is 0 Å². The zero-order valence-electron chi connectivity index (χ0n) is 21.9. The summed E-state index contributed by atoms with van der Waals surface area (Å²) < 4.78 is 11.0. The quantitative estimate of drug-likeness (QED) is 0.417. The van der Waals surface area contributed by atoms with Gasteiger partial charge in [0.1, 0.15) is 17.9 Å². The van der Waals surface area contributed by atoms with Crippen molar-refractivity contribution >= 4 is 23.7 Å². The Morgan fingerprint density at radius 2 is 1.92 bits per heavy atom. The second-order valence-corrected chi connectivity index (χ2v) is 9.61. The average molecular weight is 506 g/mol. The Bertz CT molecular complexity index is 817. The molecule has 0 radical (unpaired) electrons. The molecule has 1 unspecified atom stereocenters. The van der Waals surface area contributed by atoms with Gasteiger partial charge in [0.15, 0.2) is 0 Å². The molecule has 1 fully saturated rings. The summed E-state index contributed by atoms with van der Waals surface area (Å²) in [5.74, 6) is -0.267. The van der Waals surface area contributed by atoms with E-state index in [-0.39, 0.29) is 30.9 Å². The van der Waals surface area contributed by atoms with E-state index in [0.29, 0.717) is 25.5 Å². The lowest BCUT2D eigenvalue weighted by molar-refractivity contribution is -0.145. The van der Waals surface area contributed by atoms with Crippen molar-refractivity contribution < 1.29 is 23.9 Å². The van der Waals surface area contributed by atoms with Crippen molar-refractivity contribution in [1.29, 1.82) is 0 Å². The van der Waals surface area contributed by atoms with Gasteiger partial charge in [-0.15, -0.1) is 0 Å². The van der Waals surface area contributed by atoms with Crippen LogP contribution < -0.4 is 21.7 Å². The van der Waals surface area contributed by atoms with Crippen LogP contribution >= 0.6 is 0 Å². The molecule has 2 rings (SSSR count). The number of nitrogens with one attached hydrogen (secondary N) is 3. The molecule has 5 N–H and O–H groups in total. The number of nitrogens with zero attached hydrogens (tertiary/aromatic N) is 1. The molecule has 1 saturated heterocycles. The third-order valence-corrected chi connectivity index (χ3v) is 6.25. The Kier molecular flexibility index (Phi) is 13.0. The highest BCUT2D eigenvalue weighted by molar-refractivity contribution is 5.89. The topological polar surface area (TPSA) is 145 Å². The van der Waals surface area contributed by atoms with Crippen molar-refractivity contribution in [2.75, 3.05) is 25.6 Å². The van der Waals surface area contributed by atoms with Gasteiger partial charge in [-0.25, -0.2) is 14.6 Å². The molecule has 2 heterocycles. The minimum Gasteiger partial charge on any atom is -0.464 e. The van der Waals surface area contributed by atoms with Gasteiger partial charge in [0, 0.05) is 19.2 Å². The zero-order chi connectivity index (χ0) is 26.3. The molecule has 3 amide bonds. The van der Waals surface area contributed by atoms with Gasteiger partial charge in [-0.05, 0) is 37.3 Å². The fourth-order valence-corrected chi connectivity index (χ4v) is 4.01. The van der Waals surface area contributed by atoms with Crippen molar-refractivity contribution in [3.05, 3.63) is 23.9 Å². The van der Waals surface area contributed by atoms with E-state index in [1.165, 1.54) is 0 Å². The fraction of sp³-hybridized carbons (Fsp3) is 0.692. The fourth-order valence-electron chi connectivity index (χ4n) is 4.01. The van der Waals surface area contributed by atoms with Crippen LogP contribution in [0, 0.1) is 5.92 Å². The highest BCUT2D eigenvalue weighted by Crippen LogP contribution is 2.12. The van der Waals surface area contributed by atoms with Gasteiger partial charge >= 0.3 is 12.0 Å². The van der Waals surface area contributed by atoms with E-state index in [9.17, 15) is 14.4 Å². The van der Waals surface area contributed by atoms with Crippen molar-refractivity contribution in [2.45, 2.75) is 90.3 Å². The van der Waals surface area contributed by atoms with Crippen LogP contribution in [0.2, 0.25) is 0 Å². The Morgan fingerprint density at radius 1 is 1.19 bits per heavy atom. The first-order valence-corrected chi connectivity index (χ1v) is 13.1. The van der Waals surface area contributed by atoms with Crippen molar-refractivity contribution in [3.8, 4) is 0 Å². The summed E-state index contributed by atoms with van der Waals surface area (Å²) >= 11 is 0. The molecule has 202 valence electrons. The number of hydrogen-bond donors (Lipinski definition) is 4. The monoisotopic (exact) mass is 505 g/mol. The predicted molar refractivity (Wildman–Crippen MR) is 138 cm³/mol. The van der Waals surface area contributed by atoms with E-state index in [1.807, 2.05) is 13.8 Å². The molecule has 0 aliphatic carbocycles. The van der Waals surface area contributed by atoms with E-state index in [4.69, 9.17) is 15.2 Å². The number of nitrogen functional groups attached to an aromatic ring is 1. The van der Waals surface area contributed by atoms with E-state index in [1.54, 1.807) is 25.3 Å². The van der Waals surface area contributed by atoms with Gasteiger partial charge in [0.05, 0.1) is 19.3 Å². The van der Waals surface area contributed by atoms with Crippen LogP contribution in [-0.4, -0.2) is 60.8 Å². The highest BCUT2D eigenvalue weighted by atomic mass is 16.5. The average Bonchev–Trinajstić information content (AvgIpc) is 2.84. The standard InChI is InChI=1S/C26H43N5O5/c1-4-36-25(33)21(15-19-12-13-23(27)28-16-19)31-26(34)30-20-11-9-7-5-6-8-10-14-35-17-22(18(2)3)29-24(20)32/h12-13,16,18,20-22H,4-11,14-15,17H2,1-3H3,(H2,27,28)(H,29,32)(H2,30,31,34)/t20?,21-,22+/m0/s1. The van der Waals surface area contributed by atoms with Crippen LogP contribution in [0.15, 0.2) is 18.3 Å². The predicted octanol–water partition coefficient (Wildman–Crippen LogP) is 2.71. The molecule has 1 aliphatic rings. The summed E-state index contributed by atoms with van der Waals surface area (Å²) in [6.07, 6.45) is 8.41. The van der Waals surface area contributed by atoms with Gasteiger partial charge in [-0.1, -0.05) is 52.0 Å². The SMILES string of the molecule is CCOC(=O)[C@H](Cc1ccc(N)nc1)NC(=O)NC1CCCCCCCCOC[C@H](C(C)C)NC1=O. The van der Waals surface area contributed by atoms with Crippen LogP contribution in [0.5, 0.6) is 0 Å². The molecule has 0 spiro atoms. The van der Waals surface area contributed by atoms with Gasteiger partial charge < -0.3 is 31.2 Å². The number of rotatable bonds is 7. The van der Waals surface area contributed by atoms with Crippen LogP contribution in [0.1, 0.15) is 71.3 Å². The second-order valence-electron chi connectivity index (χ2n) is 9.61. The van der Waals surface area contributed by atoms with Crippen LogP contribution in [0.25, 0.3) is 0 Å². The summed E-state index contributed by atoms with van der Waals surface area (Å²) in [4.78, 5) is 42.7. The van der Waals surface area contributed by atoms with Gasteiger partial charge in [0.2, 0.25) is 5.91 Å². The van der Waals surface area contributed by atoms with Gasteiger partial charge in [-0.3, -0.25) is 4.79 Å². The number of ether oxygens (including phenoxy) is 2. The molecule has 0 bridgehead atoms. The van der Waals surface area contributed by atoms with E-state index in [2.05, 4.69) is 20.9 Å². The Hall–Kier alpha value is -2.88. The minimum atomic E-state index is -0.936. The number of hydrogen-bond acceptors (Lipinski definition) is 7. The van der Waals surface area contributed by atoms with Crippen LogP contribution in [-0.2, 0) is 25.5 Å². The first kappa shape index (κ1) is 29.4. The third-order valence-electron chi connectivity index (χ3n) is 6.25. The lowest BCUT2D eigenvalue weighted by Crippen LogP contribution is -2.56. The van der Waals surface area contributed by atoms with Crippen molar-refractivity contribution in [3.63, 3.8) is 0 Å². The minimum absolute atomic E-state index is 0.155. The lowest BCUT2D eigenvalue weighted by atomic mass is 10.0. The number of aromatic nitrogens is 1. The summed E-state index contributed by atoms with van der Waals surface area (Å²) in [7, 11) is 0. The van der Waals surface area contributed by atoms with E-state index in [0.717, 1.165) is 44.1 Å². The molecule has 0 aromatic carbocycles. The summed E-state index contributed by atoms with van der Waals surface area (Å²) in [6.45, 7) is 7.06. The molecule has 10 nitrogen and oxygen atoms in total. The number of urea groups is 1. The number of nitrogens with two attached hydrogens (primary N) is 1. The van der Waals surface area contributed by atoms with Crippen LogP contribution in [0.4, 0.5) is 10.6 Å². The third kappa shape index (κ3) is 10.8. The number of carbonyl (C=O) groups excluding carboxylic acids is 3. The highest BCUT2D eigenvalue weighted by Gasteiger charge is 2.28. The molecule has 3 atom stereocenters.